The first kappa shape index (κ1) is 18.9. The van der Waals surface area contributed by atoms with Crippen molar-refractivity contribution >= 4 is 29.7 Å². The number of nitrogen functional groups attached to an aromatic ring is 1. The van der Waals surface area contributed by atoms with Crippen LogP contribution in [0.2, 0.25) is 0 Å². The monoisotopic (exact) mass is 351 g/mol. The highest BCUT2D eigenvalue weighted by Gasteiger charge is 2.27. The quantitative estimate of drug-likeness (QED) is 0.816. The van der Waals surface area contributed by atoms with Crippen LogP contribution in [-0.4, -0.2) is 25.0 Å². The molecule has 0 radical (unpaired) electrons. The molecule has 0 spiro atoms. The van der Waals surface area contributed by atoms with E-state index in [1.807, 2.05) is 19.1 Å². The molecule has 1 aliphatic heterocycles. The zero-order chi connectivity index (χ0) is 16.2. The zero-order valence-corrected chi connectivity index (χ0v) is 15.4. The maximum atomic E-state index is 12.6. The molecule has 1 saturated carbocycles. The van der Waals surface area contributed by atoms with E-state index >= 15 is 0 Å². The van der Waals surface area contributed by atoms with Gasteiger partial charge in [-0.1, -0.05) is 25.3 Å². The molecular weight excluding hydrogens is 322 g/mol. The first-order valence-electron chi connectivity index (χ1n) is 9.08. The summed E-state index contributed by atoms with van der Waals surface area (Å²) in [6.07, 6.45) is 8.57. The van der Waals surface area contributed by atoms with Gasteiger partial charge in [-0.25, -0.2) is 0 Å². The first-order valence-corrected chi connectivity index (χ1v) is 9.08. The summed E-state index contributed by atoms with van der Waals surface area (Å²) in [6.45, 7) is 3.77. The molecule has 1 aromatic carbocycles. The molecule has 4 nitrogen and oxygen atoms in total. The van der Waals surface area contributed by atoms with Crippen molar-refractivity contribution in [1.29, 1.82) is 0 Å². The molecule has 3 rings (SSSR count). The summed E-state index contributed by atoms with van der Waals surface area (Å²) in [5.41, 5.74) is 9.29. The van der Waals surface area contributed by atoms with Gasteiger partial charge in [0.2, 0.25) is 5.91 Å². The van der Waals surface area contributed by atoms with Crippen LogP contribution in [0.25, 0.3) is 0 Å². The molecule has 1 aromatic rings. The summed E-state index contributed by atoms with van der Waals surface area (Å²) in [7, 11) is 0. The van der Waals surface area contributed by atoms with Crippen molar-refractivity contribution in [3.63, 3.8) is 0 Å². The van der Waals surface area contributed by atoms with E-state index in [2.05, 4.69) is 16.3 Å². The van der Waals surface area contributed by atoms with Crippen LogP contribution in [0.4, 0.5) is 11.4 Å². The van der Waals surface area contributed by atoms with Crippen molar-refractivity contribution in [3.05, 3.63) is 23.8 Å². The molecule has 3 N–H and O–H groups in total. The van der Waals surface area contributed by atoms with Crippen LogP contribution in [0.15, 0.2) is 18.2 Å². The Balaban J connectivity index is 0.00000208. The van der Waals surface area contributed by atoms with E-state index in [-0.39, 0.29) is 24.4 Å². The molecule has 134 valence electrons. The number of nitrogens with zero attached hydrogens (tertiary/aromatic N) is 1. The van der Waals surface area contributed by atoms with E-state index in [4.69, 9.17) is 5.73 Å². The minimum absolute atomic E-state index is 0. The zero-order valence-electron chi connectivity index (χ0n) is 14.6. The second kappa shape index (κ2) is 8.61. The Bertz CT molecular complexity index is 558. The van der Waals surface area contributed by atoms with Crippen molar-refractivity contribution < 1.29 is 4.79 Å². The SMILES string of the molecule is CC(C(=O)NCC1CCCCC1)N1CCCc2c(N)cccc21.Cl. The third kappa shape index (κ3) is 4.15. The van der Waals surface area contributed by atoms with Crippen molar-refractivity contribution in [2.24, 2.45) is 5.92 Å². The Kier molecular flexibility index (Phi) is 6.79. The lowest BCUT2D eigenvalue weighted by Crippen LogP contribution is -2.48. The van der Waals surface area contributed by atoms with E-state index in [0.29, 0.717) is 5.92 Å². The Morgan fingerprint density at radius 2 is 2.04 bits per heavy atom. The smallest absolute Gasteiger partial charge is 0.242 e. The Hall–Kier alpha value is -1.42. The van der Waals surface area contributed by atoms with Gasteiger partial charge in [-0.15, -0.1) is 12.4 Å². The fourth-order valence-corrected chi connectivity index (χ4v) is 4.01. The lowest BCUT2D eigenvalue weighted by molar-refractivity contribution is -0.122. The Morgan fingerprint density at radius 3 is 2.79 bits per heavy atom. The van der Waals surface area contributed by atoms with Gasteiger partial charge >= 0.3 is 0 Å². The lowest BCUT2D eigenvalue weighted by atomic mass is 9.89. The standard InChI is InChI=1S/C19H29N3O.ClH/c1-14(19(23)21-13-15-7-3-2-4-8-15)22-12-6-9-16-17(20)10-5-11-18(16)22;/h5,10-11,14-15H,2-4,6-9,12-13,20H2,1H3,(H,21,23);1H. The number of nitrogens with one attached hydrogen (secondary N) is 1. The number of benzene rings is 1. The van der Waals surface area contributed by atoms with Crippen molar-refractivity contribution in [3.8, 4) is 0 Å². The third-order valence-electron chi connectivity index (χ3n) is 5.46. The number of halogens is 1. The highest BCUT2D eigenvalue weighted by atomic mass is 35.5. The maximum Gasteiger partial charge on any atom is 0.242 e. The second-order valence-electron chi connectivity index (χ2n) is 7.07. The first-order chi connectivity index (χ1) is 11.2. The summed E-state index contributed by atoms with van der Waals surface area (Å²) < 4.78 is 0. The molecule has 1 heterocycles. The van der Waals surface area contributed by atoms with Crippen LogP contribution in [0.3, 0.4) is 0 Å². The van der Waals surface area contributed by atoms with Gasteiger partial charge < -0.3 is 16.0 Å². The van der Waals surface area contributed by atoms with E-state index in [0.717, 1.165) is 37.3 Å². The number of nitrogens with two attached hydrogens (primary N) is 1. The molecular formula is C19H30ClN3O. The molecule has 1 unspecified atom stereocenters. The maximum absolute atomic E-state index is 12.6. The fraction of sp³-hybridized carbons (Fsp3) is 0.632. The molecule has 1 aliphatic carbocycles. The van der Waals surface area contributed by atoms with Crippen LogP contribution >= 0.6 is 12.4 Å². The molecule has 2 aliphatic rings. The van der Waals surface area contributed by atoms with Crippen molar-refractivity contribution in [1.82, 2.24) is 5.32 Å². The van der Waals surface area contributed by atoms with Gasteiger partial charge in [-0.05, 0) is 56.2 Å². The van der Waals surface area contributed by atoms with Crippen LogP contribution in [0.1, 0.15) is 51.0 Å². The number of carbonyl (C=O) groups excluding carboxylic acids is 1. The minimum Gasteiger partial charge on any atom is -0.398 e. The number of hydrogen-bond acceptors (Lipinski definition) is 3. The van der Waals surface area contributed by atoms with E-state index in [1.165, 1.54) is 37.7 Å². The molecule has 0 bridgehead atoms. The van der Waals surface area contributed by atoms with Crippen LogP contribution in [0, 0.1) is 5.92 Å². The van der Waals surface area contributed by atoms with Gasteiger partial charge in [0.05, 0.1) is 0 Å². The van der Waals surface area contributed by atoms with Gasteiger partial charge in [0.15, 0.2) is 0 Å². The normalized spacial score (nSPS) is 19.1. The predicted octanol–water partition coefficient (Wildman–Crippen LogP) is 3.53. The second-order valence-corrected chi connectivity index (χ2v) is 7.07. The number of amides is 1. The molecule has 0 aromatic heterocycles. The molecule has 1 fully saturated rings. The largest absolute Gasteiger partial charge is 0.398 e. The average Bonchev–Trinajstić information content (AvgIpc) is 2.60. The van der Waals surface area contributed by atoms with Crippen LogP contribution in [0.5, 0.6) is 0 Å². The molecule has 0 saturated heterocycles. The fourth-order valence-electron chi connectivity index (χ4n) is 4.01. The van der Waals surface area contributed by atoms with Gasteiger partial charge in [-0.3, -0.25) is 4.79 Å². The van der Waals surface area contributed by atoms with Gasteiger partial charge in [0, 0.05) is 24.5 Å². The lowest BCUT2D eigenvalue weighted by Gasteiger charge is -2.36. The van der Waals surface area contributed by atoms with Crippen molar-refractivity contribution in [2.45, 2.75) is 57.9 Å². The summed E-state index contributed by atoms with van der Waals surface area (Å²) in [6, 6.07) is 5.89. The average molecular weight is 352 g/mol. The summed E-state index contributed by atoms with van der Waals surface area (Å²) in [4.78, 5) is 14.8. The van der Waals surface area contributed by atoms with Gasteiger partial charge in [0.1, 0.15) is 6.04 Å². The van der Waals surface area contributed by atoms with Crippen LogP contribution in [-0.2, 0) is 11.2 Å². The Labute approximate surface area is 151 Å². The van der Waals surface area contributed by atoms with Crippen LogP contribution < -0.4 is 16.0 Å². The molecule has 24 heavy (non-hydrogen) atoms. The number of rotatable bonds is 4. The number of hydrogen-bond donors (Lipinski definition) is 2. The summed E-state index contributed by atoms with van der Waals surface area (Å²) >= 11 is 0. The number of fused-ring (bicyclic) bond motifs is 1. The summed E-state index contributed by atoms with van der Waals surface area (Å²) in [5, 5.41) is 3.18. The number of carbonyl (C=O) groups is 1. The highest BCUT2D eigenvalue weighted by molar-refractivity contribution is 5.86. The molecule has 1 amide bonds. The van der Waals surface area contributed by atoms with E-state index < -0.39 is 0 Å². The third-order valence-corrected chi connectivity index (χ3v) is 5.46. The van der Waals surface area contributed by atoms with E-state index in [9.17, 15) is 4.79 Å². The van der Waals surface area contributed by atoms with Gasteiger partial charge in [0.25, 0.3) is 0 Å². The van der Waals surface area contributed by atoms with Crippen molar-refractivity contribution in [2.75, 3.05) is 23.7 Å². The number of anilines is 2. The van der Waals surface area contributed by atoms with E-state index in [1.54, 1.807) is 0 Å². The Morgan fingerprint density at radius 1 is 1.29 bits per heavy atom. The topological polar surface area (TPSA) is 58.4 Å². The molecule has 1 atom stereocenters. The minimum atomic E-state index is -0.139. The highest BCUT2D eigenvalue weighted by Crippen LogP contribution is 2.32. The predicted molar refractivity (Wildman–Crippen MR) is 103 cm³/mol. The summed E-state index contributed by atoms with van der Waals surface area (Å²) in [5.74, 6) is 0.815. The molecule has 5 heteroatoms. The van der Waals surface area contributed by atoms with Gasteiger partial charge in [-0.2, -0.15) is 0 Å².